The minimum absolute atomic E-state index is 0.198. The van der Waals surface area contributed by atoms with Crippen molar-refractivity contribution in [2.45, 2.75) is 0 Å². The van der Waals surface area contributed by atoms with Crippen LogP contribution in [0.4, 0.5) is 0 Å². The second-order valence-electron chi connectivity index (χ2n) is 6.35. The van der Waals surface area contributed by atoms with Crippen LogP contribution < -0.4 is 18.2 Å². The number of hydrogen-bond donors (Lipinski definition) is 0. The van der Waals surface area contributed by atoms with Gasteiger partial charge < -0.3 is 0 Å². The van der Waals surface area contributed by atoms with E-state index < -0.39 is 27.7 Å². The van der Waals surface area contributed by atoms with E-state index in [1.807, 2.05) is 43.3 Å². The third-order valence-corrected chi connectivity index (χ3v) is 6.98. The van der Waals surface area contributed by atoms with Crippen LogP contribution in [0.1, 0.15) is 20.7 Å². The molecule has 0 N–H and O–H groups in total. The first-order valence-corrected chi connectivity index (χ1v) is 11.0. The third-order valence-electron chi connectivity index (χ3n) is 4.11. The summed E-state index contributed by atoms with van der Waals surface area (Å²) >= 11 is -1.02. The van der Waals surface area contributed by atoms with Crippen molar-refractivity contribution in [1.29, 1.82) is 0 Å². The van der Waals surface area contributed by atoms with Crippen LogP contribution in [0.15, 0.2) is 36.4 Å². The number of esters is 2. The van der Waals surface area contributed by atoms with Crippen LogP contribution in [0.5, 0.6) is 11.5 Å². The van der Waals surface area contributed by atoms with Crippen LogP contribution in [0.2, 0.25) is 0 Å². The first-order chi connectivity index (χ1) is 13.9. The molecule has 0 saturated heterocycles. The number of hydrogen-bond acceptors (Lipinski definition) is 7. The molecule has 0 saturated carbocycles. The summed E-state index contributed by atoms with van der Waals surface area (Å²) in [6.07, 6.45) is 0. The molecule has 0 bridgehead atoms. The van der Waals surface area contributed by atoms with Crippen LogP contribution in [0.25, 0.3) is 0 Å². The molecule has 0 aliphatic carbocycles. The maximum atomic E-state index is 12.4. The molecule has 0 aliphatic rings. The van der Waals surface area contributed by atoms with Crippen molar-refractivity contribution in [2.24, 2.45) is 0 Å². The summed E-state index contributed by atoms with van der Waals surface area (Å²) in [6.45, 7) is 1.28. The topological polar surface area (TPSA) is 74.3 Å². The normalized spacial score (nSPS) is 11.0. The Labute approximate surface area is 177 Å². The number of rotatable bonds is 9. The van der Waals surface area contributed by atoms with Crippen molar-refractivity contribution in [1.82, 2.24) is 4.90 Å². The van der Waals surface area contributed by atoms with E-state index in [9.17, 15) is 9.59 Å². The van der Waals surface area contributed by atoms with Crippen molar-refractivity contribution >= 4 is 36.4 Å². The number of carbonyl (C=O) groups excluding carboxylic acids is 2. The number of ether oxygens (including phenoxy) is 4. The first-order valence-electron chi connectivity index (χ1n) is 8.93. The molecule has 0 aliphatic heterocycles. The number of carbonyl (C=O) groups is 2. The van der Waals surface area contributed by atoms with Gasteiger partial charge in [0.1, 0.15) is 0 Å². The van der Waals surface area contributed by atoms with E-state index in [1.54, 1.807) is 19.2 Å². The molecule has 0 aromatic heterocycles. The van der Waals surface area contributed by atoms with E-state index in [2.05, 4.69) is 0 Å². The predicted octanol–water partition coefficient (Wildman–Crippen LogP) is 0.596. The Morgan fingerprint density at radius 3 is 2.31 bits per heavy atom. The van der Waals surface area contributed by atoms with Crippen LogP contribution in [-0.4, -0.2) is 81.2 Å². The van der Waals surface area contributed by atoms with E-state index in [0.717, 1.165) is 15.2 Å². The quantitative estimate of drug-likeness (QED) is 0.398. The molecule has 2 rings (SSSR count). The van der Waals surface area contributed by atoms with Gasteiger partial charge in [0, 0.05) is 0 Å². The zero-order valence-electron chi connectivity index (χ0n) is 17.3. The SMILES string of the molecule is COC(=O)c1cccc([AsH]c2ccc(OC)cc2OCCN(C)C)c1C(=O)OC. The monoisotopic (exact) mass is 463 g/mol. The van der Waals surface area contributed by atoms with Crippen LogP contribution in [-0.2, 0) is 9.47 Å². The summed E-state index contributed by atoms with van der Waals surface area (Å²) in [5, 5.41) is 0. The molecule has 8 heteroatoms. The molecule has 2 aromatic carbocycles. The molecule has 0 spiro atoms. The molecular formula is C21H26AsNO6. The van der Waals surface area contributed by atoms with E-state index in [-0.39, 0.29) is 11.1 Å². The van der Waals surface area contributed by atoms with Crippen molar-refractivity contribution in [3.05, 3.63) is 47.5 Å². The molecular weight excluding hydrogens is 437 g/mol. The summed E-state index contributed by atoms with van der Waals surface area (Å²) in [6, 6.07) is 10.8. The number of likely N-dealkylation sites (N-methyl/N-ethyl adjacent to an activating group) is 1. The van der Waals surface area contributed by atoms with Gasteiger partial charge in [-0.25, -0.2) is 0 Å². The molecule has 0 amide bonds. The zero-order chi connectivity index (χ0) is 21.4. The molecule has 1 atom stereocenters. The summed E-state index contributed by atoms with van der Waals surface area (Å²) in [5.74, 6) is 0.270. The summed E-state index contributed by atoms with van der Waals surface area (Å²) in [5.41, 5.74) is 0.445. The Hall–Kier alpha value is -2.50. The molecule has 7 nitrogen and oxygen atoms in total. The molecule has 29 heavy (non-hydrogen) atoms. The van der Waals surface area contributed by atoms with Gasteiger partial charge >= 0.3 is 177 Å². The molecule has 156 valence electrons. The molecule has 2 aromatic rings. The van der Waals surface area contributed by atoms with Crippen molar-refractivity contribution in [3.63, 3.8) is 0 Å². The Balaban J connectivity index is 2.44. The average molecular weight is 463 g/mol. The van der Waals surface area contributed by atoms with Gasteiger partial charge in [-0.3, -0.25) is 0 Å². The van der Waals surface area contributed by atoms with Crippen molar-refractivity contribution in [3.8, 4) is 11.5 Å². The third kappa shape index (κ3) is 5.99. The molecule has 1 unspecified atom stereocenters. The van der Waals surface area contributed by atoms with Gasteiger partial charge in [0.05, 0.1) is 0 Å². The van der Waals surface area contributed by atoms with Crippen LogP contribution in [0, 0.1) is 0 Å². The fourth-order valence-electron chi connectivity index (χ4n) is 2.59. The number of benzene rings is 2. The van der Waals surface area contributed by atoms with E-state index in [4.69, 9.17) is 18.9 Å². The summed E-state index contributed by atoms with van der Waals surface area (Å²) < 4.78 is 22.8. The Morgan fingerprint density at radius 2 is 1.69 bits per heavy atom. The Bertz CT molecular complexity index is 868. The van der Waals surface area contributed by atoms with E-state index in [0.29, 0.717) is 18.1 Å². The standard InChI is InChI=1S/C21H26AsNO6/c1-23(2)11-12-29-18-13-14(26-3)9-10-16(18)22-17-8-6-7-15(20(24)27-4)19(17)21(25)28-5/h6-10,13,22H,11-12H2,1-5H3. The van der Waals surface area contributed by atoms with Gasteiger partial charge in [0.15, 0.2) is 0 Å². The van der Waals surface area contributed by atoms with Gasteiger partial charge in [-0.05, 0) is 0 Å². The second-order valence-corrected chi connectivity index (χ2v) is 9.14. The fourth-order valence-corrected chi connectivity index (χ4v) is 5.25. The van der Waals surface area contributed by atoms with Gasteiger partial charge in [-0.2, -0.15) is 0 Å². The average Bonchev–Trinajstić information content (AvgIpc) is 2.73. The minimum atomic E-state index is -1.02. The second kappa shape index (κ2) is 10.9. The molecule has 0 fully saturated rings. The van der Waals surface area contributed by atoms with Gasteiger partial charge in [0.25, 0.3) is 0 Å². The van der Waals surface area contributed by atoms with Crippen molar-refractivity contribution in [2.75, 3.05) is 48.6 Å². The molecule has 0 heterocycles. The van der Waals surface area contributed by atoms with Gasteiger partial charge in [-0.1, -0.05) is 0 Å². The number of nitrogens with zero attached hydrogens (tertiary/aromatic N) is 1. The van der Waals surface area contributed by atoms with Crippen LogP contribution >= 0.6 is 0 Å². The summed E-state index contributed by atoms with van der Waals surface area (Å²) in [7, 11) is 8.13. The summed E-state index contributed by atoms with van der Waals surface area (Å²) in [4.78, 5) is 26.6. The van der Waals surface area contributed by atoms with Crippen LogP contribution in [0.3, 0.4) is 0 Å². The Morgan fingerprint density at radius 1 is 0.966 bits per heavy atom. The molecule has 0 radical (unpaired) electrons. The van der Waals surface area contributed by atoms with E-state index in [1.165, 1.54) is 14.2 Å². The zero-order valence-corrected chi connectivity index (χ0v) is 19.4. The Kier molecular flexibility index (Phi) is 8.55. The van der Waals surface area contributed by atoms with Gasteiger partial charge in [-0.15, -0.1) is 0 Å². The fraction of sp³-hybridized carbons (Fsp3) is 0.333. The van der Waals surface area contributed by atoms with Crippen molar-refractivity contribution < 1.29 is 28.5 Å². The van der Waals surface area contributed by atoms with Gasteiger partial charge in [0.2, 0.25) is 0 Å². The maximum absolute atomic E-state index is 12.4. The number of methoxy groups -OCH3 is 3. The first kappa shape index (κ1) is 22.8. The predicted molar refractivity (Wildman–Crippen MR) is 113 cm³/mol. The van der Waals surface area contributed by atoms with E-state index >= 15 is 0 Å².